The molecule has 0 aliphatic carbocycles. The highest BCUT2D eigenvalue weighted by Crippen LogP contribution is 2.30. The summed E-state index contributed by atoms with van der Waals surface area (Å²) in [7, 11) is 0. The SMILES string of the molecule is CC(CC(=O)O)Oc1ccc(Cl)c2cccnc12. The number of carboxylic acid groups (broad SMARTS) is 1. The zero-order valence-corrected chi connectivity index (χ0v) is 10.5. The Morgan fingerprint density at radius 1 is 1.50 bits per heavy atom. The van der Waals surface area contributed by atoms with E-state index in [2.05, 4.69) is 4.98 Å². The van der Waals surface area contributed by atoms with E-state index in [1.54, 1.807) is 31.3 Å². The fourth-order valence-corrected chi connectivity index (χ4v) is 1.93. The molecule has 0 aliphatic heterocycles. The summed E-state index contributed by atoms with van der Waals surface area (Å²) in [6.07, 6.45) is 1.17. The van der Waals surface area contributed by atoms with Gasteiger partial charge in [-0.3, -0.25) is 9.78 Å². The van der Waals surface area contributed by atoms with Crippen LogP contribution in [0, 0.1) is 0 Å². The monoisotopic (exact) mass is 265 g/mol. The highest BCUT2D eigenvalue weighted by molar-refractivity contribution is 6.35. The van der Waals surface area contributed by atoms with Crippen molar-refractivity contribution in [3.63, 3.8) is 0 Å². The van der Waals surface area contributed by atoms with Gasteiger partial charge in [-0.05, 0) is 31.2 Å². The molecule has 18 heavy (non-hydrogen) atoms. The molecule has 0 fully saturated rings. The van der Waals surface area contributed by atoms with Crippen LogP contribution < -0.4 is 4.74 Å². The lowest BCUT2D eigenvalue weighted by Gasteiger charge is -2.14. The molecule has 1 heterocycles. The van der Waals surface area contributed by atoms with Crippen molar-refractivity contribution in [2.24, 2.45) is 0 Å². The van der Waals surface area contributed by atoms with Gasteiger partial charge in [0.05, 0.1) is 11.4 Å². The maximum Gasteiger partial charge on any atom is 0.307 e. The minimum absolute atomic E-state index is 0.0586. The zero-order valence-electron chi connectivity index (χ0n) is 9.76. The molecule has 0 saturated carbocycles. The van der Waals surface area contributed by atoms with Crippen molar-refractivity contribution in [2.75, 3.05) is 0 Å². The maximum atomic E-state index is 10.6. The predicted octanol–water partition coefficient (Wildman–Crippen LogP) is 3.13. The van der Waals surface area contributed by atoms with Crippen LogP contribution in [-0.2, 0) is 4.79 Å². The smallest absolute Gasteiger partial charge is 0.307 e. The molecule has 1 N–H and O–H groups in total. The van der Waals surface area contributed by atoms with Gasteiger partial charge in [-0.25, -0.2) is 0 Å². The third kappa shape index (κ3) is 2.71. The number of aromatic nitrogens is 1. The van der Waals surface area contributed by atoms with Crippen molar-refractivity contribution in [1.82, 2.24) is 4.98 Å². The highest BCUT2D eigenvalue weighted by Gasteiger charge is 2.12. The van der Waals surface area contributed by atoms with Crippen LogP contribution in [0.5, 0.6) is 5.75 Å². The number of pyridine rings is 1. The van der Waals surface area contributed by atoms with Crippen molar-refractivity contribution in [1.29, 1.82) is 0 Å². The van der Waals surface area contributed by atoms with Crippen LogP contribution in [0.25, 0.3) is 10.9 Å². The van der Waals surface area contributed by atoms with Gasteiger partial charge in [-0.1, -0.05) is 11.6 Å². The van der Waals surface area contributed by atoms with Crippen molar-refractivity contribution in [2.45, 2.75) is 19.4 Å². The van der Waals surface area contributed by atoms with Crippen LogP contribution in [0.4, 0.5) is 0 Å². The Balaban J connectivity index is 2.34. The molecule has 2 rings (SSSR count). The molecule has 2 aromatic rings. The van der Waals surface area contributed by atoms with Gasteiger partial charge in [-0.15, -0.1) is 0 Å². The van der Waals surface area contributed by atoms with Gasteiger partial charge in [0.1, 0.15) is 17.4 Å². The number of hydrogen-bond donors (Lipinski definition) is 1. The second-order valence-electron chi connectivity index (χ2n) is 3.97. The number of halogens is 1. The van der Waals surface area contributed by atoms with Crippen molar-refractivity contribution in [3.05, 3.63) is 35.5 Å². The second kappa shape index (κ2) is 5.23. The molecule has 0 bridgehead atoms. The van der Waals surface area contributed by atoms with Gasteiger partial charge < -0.3 is 9.84 Å². The fraction of sp³-hybridized carbons (Fsp3) is 0.231. The van der Waals surface area contributed by atoms with Crippen LogP contribution in [0.3, 0.4) is 0 Å². The third-order valence-electron chi connectivity index (χ3n) is 2.47. The quantitative estimate of drug-likeness (QED) is 0.923. The van der Waals surface area contributed by atoms with Gasteiger partial charge in [0.15, 0.2) is 0 Å². The molecule has 94 valence electrons. The van der Waals surface area contributed by atoms with E-state index in [1.807, 2.05) is 6.07 Å². The molecule has 0 saturated heterocycles. The maximum absolute atomic E-state index is 10.6. The molecule has 0 radical (unpaired) electrons. The van der Waals surface area contributed by atoms with E-state index in [0.717, 1.165) is 5.39 Å². The second-order valence-corrected chi connectivity index (χ2v) is 4.38. The summed E-state index contributed by atoms with van der Waals surface area (Å²) in [6.45, 7) is 1.71. The first kappa shape index (κ1) is 12.6. The number of rotatable bonds is 4. The van der Waals surface area contributed by atoms with Crippen LogP contribution in [-0.4, -0.2) is 22.2 Å². The minimum Gasteiger partial charge on any atom is -0.488 e. The molecule has 4 nitrogen and oxygen atoms in total. The van der Waals surface area contributed by atoms with Crippen LogP contribution in [0.15, 0.2) is 30.5 Å². The van der Waals surface area contributed by atoms with E-state index >= 15 is 0 Å². The van der Waals surface area contributed by atoms with E-state index < -0.39 is 12.1 Å². The number of nitrogens with zero attached hydrogens (tertiary/aromatic N) is 1. The predicted molar refractivity (Wildman–Crippen MR) is 69.1 cm³/mol. The van der Waals surface area contributed by atoms with Crippen LogP contribution in [0.1, 0.15) is 13.3 Å². The Bertz CT molecular complexity index is 585. The lowest BCUT2D eigenvalue weighted by Crippen LogP contribution is -2.16. The summed E-state index contributed by atoms with van der Waals surface area (Å²) in [6, 6.07) is 7.06. The highest BCUT2D eigenvalue weighted by atomic mass is 35.5. The molecule has 0 amide bonds. The van der Waals surface area contributed by atoms with Crippen molar-refractivity contribution >= 4 is 28.5 Å². The topological polar surface area (TPSA) is 59.4 Å². The molecule has 5 heteroatoms. The summed E-state index contributed by atoms with van der Waals surface area (Å²) >= 11 is 6.06. The summed E-state index contributed by atoms with van der Waals surface area (Å²) in [5, 5.41) is 10.1. The number of fused-ring (bicyclic) bond motifs is 1. The number of carboxylic acids is 1. The summed E-state index contributed by atoms with van der Waals surface area (Å²) in [5.74, 6) is -0.350. The molecule has 1 unspecified atom stereocenters. The number of benzene rings is 1. The van der Waals surface area contributed by atoms with Gasteiger partial charge >= 0.3 is 5.97 Å². The van der Waals surface area contributed by atoms with Crippen molar-refractivity contribution < 1.29 is 14.6 Å². The first-order valence-corrected chi connectivity index (χ1v) is 5.87. The summed E-state index contributed by atoms with van der Waals surface area (Å²) in [4.78, 5) is 14.8. The van der Waals surface area contributed by atoms with Gasteiger partial charge in [0.2, 0.25) is 0 Å². The summed E-state index contributed by atoms with van der Waals surface area (Å²) < 4.78 is 5.59. The van der Waals surface area contributed by atoms with Crippen LogP contribution in [0.2, 0.25) is 5.02 Å². The molecular formula is C13H12ClNO3. The van der Waals surface area contributed by atoms with E-state index in [4.69, 9.17) is 21.4 Å². The standard InChI is InChI=1S/C13H12ClNO3/c1-8(7-12(16)17)18-11-5-4-10(14)9-3-2-6-15-13(9)11/h2-6,8H,7H2,1H3,(H,16,17). The van der Waals surface area contributed by atoms with E-state index in [9.17, 15) is 4.79 Å². The molecule has 0 aliphatic rings. The average Bonchev–Trinajstić information content (AvgIpc) is 2.32. The molecule has 1 atom stereocenters. The average molecular weight is 266 g/mol. The number of carbonyl (C=O) groups is 1. The summed E-state index contributed by atoms with van der Waals surface area (Å²) in [5.41, 5.74) is 0.641. The zero-order chi connectivity index (χ0) is 13.1. The Labute approximate surface area is 109 Å². The number of ether oxygens (including phenoxy) is 1. The molecular weight excluding hydrogens is 254 g/mol. The largest absolute Gasteiger partial charge is 0.488 e. The molecule has 1 aromatic heterocycles. The van der Waals surface area contributed by atoms with E-state index in [1.165, 1.54) is 0 Å². The Morgan fingerprint density at radius 2 is 2.28 bits per heavy atom. The lowest BCUT2D eigenvalue weighted by atomic mass is 10.2. The van der Waals surface area contributed by atoms with Gasteiger partial charge in [0.25, 0.3) is 0 Å². The van der Waals surface area contributed by atoms with Gasteiger partial charge in [0, 0.05) is 11.6 Å². The van der Waals surface area contributed by atoms with E-state index in [0.29, 0.717) is 16.3 Å². The Kier molecular flexibility index (Phi) is 3.67. The lowest BCUT2D eigenvalue weighted by molar-refractivity contribution is -0.138. The first-order valence-electron chi connectivity index (χ1n) is 5.49. The normalized spacial score (nSPS) is 12.3. The minimum atomic E-state index is -0.895. The first-order chi connectivity index (χ1) is 8.58. The fourth-order valence-electron chi connectivity index (χ4n) is 1.71. The molecule has 1 aromatic carbocycles. The van der Waals surface area contributed by atoms with Gasteiger partial charge in [-0.2, -0.15) is 0 Å². The molecule has 0 spiro atoms. The number of hydrogen-bond acceptors (Lipinski definition) is 3. The van der Waals surface area contributed by atoms with E-state index in [-0.39, 0.29) is 6.42 Å². The third-order valence-corrected chi connectivity index (χ3v) is 2.80. The number of aliphatic carboxylic acids is 1. The Hall–Kier alpha value is -1.81. The Morgan fingerprint density at radius 3 is 3.00 bits per heavy atom. The van der Waals surface area contributed by atoms with Crippen molar-refractivity contribution in [3.8, 4) is 5.75 Å². The van der Waals surface area contributed by atoms with Crippen LogP contribution >= 0.6 is 11.6 Å².